The van der Waals surface area contributed by atoms with Crippen LogP contribution in [0.5, 0.6) is 0 Å². The number of aliphatic carboxylic acids is 1. The first kappa shape index (κ1) is 17.2. The molecule has 0 heterocycles. The first-order valence-electron chi connectivity index (χ1n) is 7.37. The summed E-state index contributed by atoms with van der Waals surface area (Å²) in [5.41, 5.74) is -0.347. The van der Waals surface area contributed by atoms with Gasteiger partial charge in [0.15, 0.2) is 0 Å². The normalized spacial score (nSPS) is 17.0. The second-order valence-corrected chi connectivity index (χ2v) is 7.23. The molecular formula is C16H19FINO3. The molecular weight excluding hydrogens is 400 g/mol. The number of carboxylic acid groups (broad SMARTS) is 1. The summed E-state index contributed by atoms with van der Waals surface area (Å²) in [7, 11) is 0. The summed E-state index contributed by atoms with van der Waals surface area (Å²) in [5.74, 6) is -1.67. The number of nitrogens with one attached hydrogen (secondary N) is 1. The van der Waals surface area contributed by atoms with Crippen molar-refractivity contribution >= 4 is 40.2 Å². The molecule has 120 valence electrons. The fourth-order valence-corrected chi connectivity index (χ4v) is 3.62. The SMILES string of the molecule is O=C(O)CC1(CC(=O)Nc2ccc(I)cc2F)CCCCC1. The fraction of sp³-hybridized carbons (Fsp3) is 0.500. The second-order valence-electron chi connectivity index (χ2n) is 5.98. The lowest BCUT2D eigenvalue weighted by molar-refractivity contribution is -0.140. The molecule has 0 atom stereocenters. The van der Waals surface area contributed by atoms with Crippen LogP contribution in [0.25, 0.3) is 0 Å². The molecule has 1 aromatic carbocycles. The topological polar surface area (TPSA) is 66.4 Å². The Morgan fingerprint density at radius 1 is 1.23 bits per heavy atom. The molecule has 0 aromatic heterocycles. The predicted octanol–water partition coefficient (Wildman–Crippen LogP) is 4.18. The number of benzene rings is 1. The highest BCUT2D eigenvalue weighted by Crippen LogP contribution is 2.42. The highest BCUT2D eigenvalue weighted by molar-refractivity contribution is 14.1. The van der Waals surface area contributed by atoms with E-state index in [2.05, 4.69) is 5.32 Å². The van der Waals surface area contributed by atoms with E-state index in [1.165, 1.54) is 12.1 Å². The Labute approximate surface area is 142 Å². The Morgan fingerprint density at radius 2 is 1.91 bits per heavy atom. The van der Waals surface area contributed by atoms with Gasteiger partial charge in [0.05, 0.1) is 12.1 Å². The van der Waals surface area contributed by atoms with E-state index in [-0.39, 0.29) is 24.4 Å². The van der Waals surface area contributed by atoms with Crippen molar-refractivity contribution in [1.82, 2.24) is 0 Å². The van der Waals surface area contributed by atoms with Gasteiger partial charge in [-0.25, -0.2) is 4.39 Å². The summed E-state index contributed by atoms with van der Waals surface area (Å²) in [6.07, 6.45) is 4.57. The molecule has 4 nitrogen and oxygen atoms in total. The van der Waals surface area contributed by atoms with Crippen LogP contribution in [-0.4, -0.2) is 17.0 Å². The molecule has 0 radical (unpaired) electrons. The molecule has 1 aromatic rings. The van der Waals surface area contributed by atoms with Crippen molar-refractivity contribution in [1.29, 1.82) is 0 Å². The molecule has 2 rings (SSSR count). The lowest BCUT2D eigenvalue weighted by atomic mass is 9.69. The van der Waals surface area contributed by atoms with E-state index >= 15 is 0 Å². The van der Waals surface area contributed by atoms with Gasteiger partial charge in [-0.1, -0.05) is 19.3 Å². The number of carbonyl (C=O) groups is 2. The Balaban J connectivity index is 2.06. The largest absolute Gasteiger partial charge is 0.481 e. The lowest BCUT2D eigenvalue weighted by Gasteiger charge is -2.35. The summed E-state index contributed by atoms with van der Waals surface area (Å²) in [6.45, 7) is 0. The summed E-state index contributed by atoms with van der Waals surface area (Å²) < 4.78 is 14.5. The van der Waals surface area contributed by atoms with Gasteiger partial charge in [0.2, 0.25) is 5.91 Å². The van der Waals surface area contributed by atoms with Crippen LogP contribution in [-0.2, 0) is 9.59 Å². The Kier molecular flexibility index (Phi) is 5.77. The summed E-state index contributed by atoms with van der Waals surface area (Å²) in [5, 5.41) is 11.7. The lowest BCUT2D eigenvalue weighted by Crippen LogP contribution is -2.32. The Hall–Kier alpha value is -1.18. The van der Waals surface area contributed by atoms with Gasteiger partial charge in [-0.3, -0.25) is 9.59 Å². The Morgan fingerprint density at radius 3 is 2.50 bits per heavy atom. The van der Waals surface area contributed by atoms with Gasteiger partial charge in [-0.15, -0.1) is 0 Å². The highest BCUT2D eigenvalue weighted by Gasteiger charge is 2.36. The predicted molar refractivity (Wildman–Crippen MR) is 90.1 cm³/mol. The smallest absolute Gasteiger partial charge is 0.303 e. The van der Waals surface area contributed by atoms with Crippen LogP contribution in [0.3, 0.4) is 0 Å². The maximum Gasteiger partial charge on any atom is 0.303 e. The van der Waals surface area contributed by atoms with Gasteiger partial charge in [-0.2, -0.15) is 0 Å². The zero-order chi connectivity index (χ0) is 16.2. The highest BCUT2D eigenvalue weighted by atomic mass is 127. The molecule has 2 N–H and O–H groups in total. The molecule has 1 saturated carbocycles. The third-order valence-corrected chi connectivity index (χ3v) is 4.85. The first-order chi connectivity index (χ1) is 10.4. The number of hydrogen-bond donors (Lipinski definition) is 2. The van der Waals surface area contributed by atoms with Gasteiger partial charge in [0.1, 0.15) is 5.82 Å². The van der Waals surface area contributed by atoms with Crippen LogP contribution in [0, 0.1) is 14.8 Å². The van der Waals surface area contributed by atoms with Gasteiger partial charge in [0.25, 0.3) is 0 Å². The number of carboxylic acids is 1. The molecule has 1 fully saturated rings. The van der Waals surface area contributed by atoms with E-state index in [1.54, 1.807) is 6.07 Å². The van der Waals surface area contributed by atoms with E-state index in [0.717, 1.165) is 35.7 Å². The van der Waals surface area contributed by atoms with E-state index in [0.29, 0.717) is 0 Å². The quantitative estimate of drug-likeness (QED) is 0.704. The second kappa shape index (κ2) is 7.39. The summed E-state index contributed by atoms with van der Waals surface area (Å²) in [6, 6.07) is 4.59. The number of hydrogen-bond acceptors (Lipinski definition) is 2. The van der Waals surface area contributed by atoms with Crippen molar-refractivity contribution in [2.45, 2.75) is 44.9 Å². The van der Waals surface area contributed by atoms with E-state index in [1.807, 2.05) is 22.6 Å². The van der Waals surface area contributed by atoms with Crippen molar-refractivity contribution in [2.24, 2.45) is 5.41 Å². The van der Waals surface area contributed by atoms with Crippen molar-refractivity contribution < 1.29 is 19.1 Å². The number of carbonyl (C=O) groups excluding carboxylic acids is 1. The average Bonchev–Trinajstić information content (AvgIpc) is 2.42. The minimum absolute atomic E-state index is 0.00437. The van der Waals surface area contributed by atoms with Crippen LogP contribution >= 0.6 is 22.6 Å². The molecule has 1 aliphatic rings. The van der Waals surface area contributed by atoms with Crippen LogP contribution < -0.4 is 5.32 Å². The van der Waals surface area contributed by atoms with Crippen LogP contribution in [0.15, 0.2) is 18.2 Å². The maximum atomic E-state index is 13.8. The van der Waals surface area contributed by atoms with Crippen LogP contribution in [0.1, 0.15) is 44.9 Å². The third kappa shape index (κ3) is 4.66. The number of halogens is 2. The van der Waals surface area contributed by atoms with Gasteiger partial charge < -0.3 is 10.4 Å². The molecule has 1 aliphatic carbocycles. The van der Waals surface area contributed by atoms with E-state index < -0.39 is 17.2 Å². The number of anilines is 1. The molecule has 0 bridgehead atoms. The van der Waals surface area contributed by atoms with Crippen molar-refractivity contribution in [2.75, 3.05) is 5.32 Å². The Bertz CT molecular complexity index is 571. The zero-order valence-electron chi connectivity index (χ0n) is 12.2. The molecule has 1 amide bonds. The molecule has 0 spiro atoms. The summed E-state index contributed by atoms with van der Waals surface area (Å²) >= 11 is 2.00. The van der Waals surface area contributed by atoms with Gasteiger partial charge >= 0.3 is 5.97 Å². The standard InChI is InChI=1S/C16H19FINO3/c17-12-8-11(18)4-5-13(12)19-14(20)9-16(10-15(21)22)6-2-1-3-7-16/h4-5,8H,1-3,6-7,9-10H2,(H,19,20)(H,21,22). The van der Waals surface area contributed by atoms with Gasteiger partial charge in [-0.05, 0) is 59.0 Å². The van der Waals surface area contributed by atoms with Crippen LogP contribution in [0.2, 0.25) is 0 Å². The molecule has 0 unspecified atom stereocenters. The molecule has 0 aliphatic heterocycles. The first-order valence-corrected chi connectivity index (χ1v) is 8.45. The fourth-order valence-electron chi connectivity index (χ4n) is 3.16. The molecule has 6 heteroatoms. The third-order valence-electron chi connectivity index (χ3n) is 4.18. The van der Waals surface area contributed by atoms with Gasteiger partial charge in [0, 0.05) is 9.99 Å². The summed E-state index contributed by atoms with van der Waals surface area (Å²) in [4.78, 5) is 23.3. The zero-order valence-corrected chi connectivity index (χ0v) is 14.4. The number of amides is 1. The molecule has 22 heavy (non-hydrogen) atoms. The number of rotatable bonds is 5. The van der Waals surface area contributed by atoms with Crippen molar-refractivity contribution in [3.05, 3.63) is 27.6 Å². The van der Waals surface area contributed by atoms with Crippen molar-refractivity contribution in [3.63, 3.8) is 0 Å². The maximum absolute atomic E-state index is 13.8. The van der Waals surface area contributed by atoms with E-state index in [9.17, 15) is 14.0 Å². The monoisotopic (exact) mass is 419 g/mol. The minimum atomic E-state index is -0.879. The minimum Gasteiger partial charge on any atom is -0.481 e. The van der Waals surface area contributed by atoms with Crippen molar-refractivity contribution in [3.8, 4) is 0 Å². The molecule has 0 saturated heterocycles. The average molecular weight is 419 g/mol. The van der Waals surface area contributed by atoms with E-state index in [4.69, 9.17) is 5.11 Å². The van der Waals surface area contributed by atoms with Crippen LogP contribution in [0.4, 0.5) is 10.1 Å².